The van der Waals surface area contributed by atoms with E-state index in [9.17, 15) is 15.3 Å². The van der Waals surface area contributed by atoms with E-state index in [1.54, 1.807) is 48.2 Å². The van der Waals surface area contributed by atoms with Crippen molar-refractivity contribution in [1.29, 1.82) is 0 Å². The number of imidazole rings is 3. The number of para-hydroxylation sites is 5. The van der Waals surface area contributed by atoms with Gasteiger partial charge in [-0.25, -0.2) is 15.0 Å². The first kappa shape index (κ1) is 54.0. The third kappa shape index (κ3) is 10.7. The number of hydrogen-bond acceptors (Lipinski definition) is 10. The smallest absolute Gasteiger partial charge is 0.231 e. The summed E-state index contributed by atoms with van der Waals surface area (Å²) in [6, 6.07) is 64.7. The van der Waals surface area contributed by atoms with Crippen LogP contribution in [0, 0.1) is 0 Å². The Kier molecular flexibility index (Phi) is 16.8. The number of nitrogens with zero attached hydrogens (tertiary/aromatic N) is 8. The van der Waals surface area contributed by atoms with Crippen molar-refractivity contribution in [1.82, 2.24) is 33.6 Å². The molecule has 0 radical (unpaired) electrons. The summed E-state index contributed by atoms with van der Waals surface area (Å²) < 4.78 is 11.8. The van der Waals surface area contributed by atoms with E-state index in [-0.39, 0.29) is 75.7 Å². The van der Waals surface area contributed by atoms with Crippen LogP contribution in [0.25, 0.3) is 83.6 Å². The van der Waals surface area contributed by atoms with E-state index in [0.717, 1.165) is 91.7 Å². The Balaban J connectivity index is 0.000000139. The molecule has 0 unspecified atom stereocenters. The zero-order valence-electron chi connectivity index (χ0n) is 41.8. The predicted molar refractivity (Wildman–Crippen MR) is 294 cm³/mol. The largest absolute Gasteiger partial charge is 0.507 e. The molecule has 1 aliphatic heterocycles. The summed E-state index contributed by atoms with van der Waals surface area (Å²) in [4.78, 5) is 22.0. The molecule has 3 N–H and O–H groups in total. The number of pyridine rings is 1. The minimum absolute atomic E-state index is 0. The number of phenols is 3. The van der Waals surface area contributed by atoms with Gasteiger partial charge in [-0.15, -0.1) is 11.3 Å². The van der Waals surface area contributed by atoms with E-state index in [1.165, 1.54) is 11.4 Å². The number of phenolic OH excluding ortho intramolecular Hbond substituents is 3. The predicted octanol–water partition coefficient (Wildman–Crippen LogP) is 13.8. The van der Waals surface area contributed by atoms with Crippen molar-refractivity contribution in [3.05, 3.63) is 236 Å². The number of hydrogen-bond donors (Lipinski definition) is 3. The minimum atomic E-state index is 0. The van der Waals surface area contributed by atoms with Crippen molar-refractivity contribution in [2.24, 2.45) is 0 Å². The summed E-state index contributed by atoms with van der Waals surface area (Å²) in [5.41, 5.74) is 10.9. The fourth-order valence-corrected chi connectivity index (χ4v) is 10.4. The number of rotatable bonds is 7. The summed E-state index contributed by atoms with van der Waals surface area (Å²) in [7, 11) is 0. The van der Waals surface area contributed by atoms with E-state index in [4.69, 9.17) is 19.4 Å². The Morgan fingerprint density at radius 1 is 0.481 bits per heavy atom. The molecule has 0 atom stereocenters. The molecule has 77 heavy (non-hydrogen) atoms. The van der Waals surface area contributed by atoms with Gasteiger partial charge in [-0.2, -0.15) is 0 Å². The van der Waals surface area contributed by atoms with Crippen molar-refractivity contribution in [2.45, 2.75) is 13.0 Å². The molecule has 16 heteroatoms. The zero-order chi connectivity index (χ0) is 50.0. The monoisotopic (exact) mass is 1180 g/mol. The fourth-order valence-electron chi connectivity index (χ4n) is 9.58. The van der Waals surface area contributed by atoms with Gasteiger partial charge < -0.3 is 24.6 Å². The van der Waals surface area contributed by atoms with Crippen molar-refractivity contribution in [3.63, 3.8) is 0 Å². The van der Waals surface area contributed by atoms with E-state index in [2.05, 4.69) is 55.4 Å². The first-order valence-electron chi connectivity index (χ1n) is 24.1. The normalized spacial score (nSPS) is 11.6. The molecule has 366 valence electrons. The Morgan fingerprint density at radius 3 is 1.73 bits per heavy atom. The van der Waals surface area contributed by atoms with Gasteiger partial charge in [0.2, 0.25) is 5.71 Å². The van der Waals surface area contributed by atoms with E-state index in [1.807, 2.05) is 156 Å². The van der Waals surface area contributed by atoms with Crippen LogP contribution >= 0.6 is 11.3 Å². The second-order valence-corrected chi connectivity index (χ2v) is 18.4. The average Bonchev–Trinajstić information content (AvgIpc) is 4.34. The molecule has 0 saturated heterocycles. The van der Waals surface area contributed by atoms with Crippen molar-refractivity contribution >= 4 is 49.4 Å². The number of benzene rings is 7. The second kappa shape index (κ2) is 24.0. The quantitative estimate of drug-likeness (QED) is 0.133. The van der Waals surface area contributed by atoms with Gasteiger partial charge in [0.25, 0.3) is 0 Å². The van der Waals surface area contributed by atoms with Crippen LogP contribution < -0.4 is 4.90 Å². The van der Waals surface area contributed by atoms with Crippen LogP contribution in [0.15, 0.2) is 229 Å². The van der Waals surface area contributed by atoms with Gasteiger partial charge in [-0.3, -0.25) is 18.7 Å². The molecule has 1 aliphatic rings. The Morgan fingerprint density at radius 2 is 1.06 bits per heavy atom. The van der Waals surface area contributed by atoms with Crippen molar-refractivity contribution in [3.8, 4) is 68.5 Å². The summed E-state index contributed by atoms with van der Waals surface area (Å²) in [6.07, 6.45) is 5.95. The Labute approximate surface area is 485 Å². The minimum Gasteiger partial charge on any atom is -0.507 e. The SMILES string of the molecule is Oc1ccc2ccccc2c1-c1nc2ccoc2n1-c1cccnc1.Oc1ccccc1-c1nc2c(n1-c1ccccc1)CN(c1ccccc1)CC2.Oc1ccccc1-c1nc2ccsc2n1-c1ccccc1.[Zn].[Zn].[Zn]. The third-order valence-electron chi connectivity index (χ3n) is 13.0. The molecule has 0 saturated carbocycles. The summed E-state index contributed by atoms with van der Waals surface area (Å²) in [5.74, 6) is 2.85. The maximum absolute atomic E-state index is 10.6. The van der Waals surface area contributed by atoms with E-state index in [0.29, 0.717) is 17.1 Å². The van der Waals surface area contributed by atoms with Gasteiger partial charge in [-0.05, 0) is 101 Å². The van der Waals surface area contributed by atoms with E-state index >= 15 is 0 Å². The summed E-state index contributed by atoms with van der Waals surface area (Å²) in [6.45, 7) is 1.72. The fraction of sp³-hybridized carbons (Fsp3) is 0.0492. The first-order valence-corrected chi connectivity index (χ1v) is 25.0. The number of fused-ring (bicyclic) bond motifs is 4. The molecule has 7 aromatic carbocycles. The molecule has 0 bridgehead atoms. The average molecular weight is 1180 g/mol. The molecule has 0 fully saturated rings. The molecular formula is C61H46N8O4SZn3. The molecule has 6 aromatic heterocycles. The van der Waals surface area contributed by atoms with Gasteiger partial charge in [0.15, 0.2) is 5.82 Å². The topological polar surface area (TPSA) is 143 Å². The first-order chi connectivity index (χ1) is 36.5. The molecular weight excluding hydrogens is 1140 g/mol. The number of aromatic nitrogens is 7. The van der Waals surface area contributed by atoms with Gasteiger partial charge in [0, 0.05) is 101 Å². The second-order valence-electron chi connectivity index (χ2n) is 17.5. The van der Waals surface area contributed by atoms with Gasteiger partial charge in [0.05, 0.1) is 52.8 Å². The summed E-state index contributed by atoms with van der Waals surface area (Å²) in [5, 5.41) is 35.2. The van der Waals surface area contributed by atoms with Crippen molar-refractivity contribution in [2.75, 3.05) is 11.4 Å². The maximum atomic E-state index is 10.6. The molecule has 0 spiro atoms. The van der Waals surface area contributed by atoms with Crippen LogP contribution in [-0.4, -0.2) is 55.5 Å². The van der Waals surface area contributed by atoms with Crippen LogP contribution in [-0.2, 0) is 71.4 Å². The molecule has 13 aromatic rings. The van der Waals surface area contributed by atoms with E-state index < -0.39 is 0 Å². The molecule has 0 amide bonds. The number of thiophene rings is 1. The van der Waals surface area contributed by atoms with Gasteiger partial charge in [0.1, 0.15) is 44.8 Å². The van der Waals surface area contributed by atoms with Crippen LogP contribution in [0.5, 0.6) is 17.2 Å². The van der Waals surface area contributed by atoms with Crippen LogP contribution in [0.4, 0.5) is 5.69 Å². The Hall–Kier alpha value is -7.85. The molecule has 12 nitrogen and oxygen atoms in total. The third-order valence-corrected chi connectivity index (χ3v) is 13.9. The van der Waals surface area contributed by atoms with Crippen LogP contribution in [0.1, 0.15) is 11.4 Å². The molecule has 14 rings (SSSR count). The standard InChI is InChI=1S/C24H21N3O.C20H13N3O2.C17H12N2OS.3Zn/c28-23-14-8-7-13-20(23)24-25-21-15-16-26(18-9-3-1-4-10-18)17-22(21)27(24)19-11-5-2-6-12-19;24-17-8-7-13-4-1-2-6-15(13)18(17)19-22-16-9-11-25-20(16)23(19)14-5-3-10-21-12-14;20-15-9-5-4-8-13(15)16-18-14-10-11-21-17(14)19(16)12-6-2-1-3-7-12;;;/h1-14,28H,15-17H2;1-12,24H;1-11,20H;;;. The summed E-state index contributed by atoms with van der Waals surface area (Å²) >= 11 is 1.65. The van der Waals surface area contributed by atoms with Gasteiger partial charge >= 0.3 is 0 Å². The number of furan rings is 1. The van der Waals surface area contributed by atoms with Crippen molar-refractivity contribution < 1.29 is 78.2 Å². The van der Waals surface area contributed by atoms with Gasteiger partial charge in [-0.1, -0.05) is 109 Å². The number of anilines is 1. The zero-order valence-corrected chi connectivity index (χ0v) is 51.6. The molecule has 7 heterocycles. The Bertz CT molecular complexity index is 4070. The molecule has 0 aliphatic carbocycles. The maximum Gasteiger partial charge on any atom is 0.231 e. The number of aromatic hydroxyl groups is 3. The van der Waals surface area contributed by atoms with Crippen LogP contribution in [0.2, 0.25) is 0 Å². The van der Waals surface area contributed by atoms with Crippen LogP contribution in [0.3, 0.4) is 0 Å².